The van der Waals surface area contributed by atoms with E-state index in [4.69, 9.17) is 0 Å². The number of sulfonamides is 1. The number of amides is 1. The van der Waals surface area contributed by atoms with E-state index in [2.05, 4.69) is 40.8 Å². The van der Waals surface area contributed by atoms with Gasteiger partial charge in [-0.25, -0.2) is 13.1 Å². The number of benzene rings is 2. The third-order valence-electron chi connectivity index (χ3n) is 5.78. The predicted molar refractivity (Wildman–Crippen MR) is 123 cm³/mol. The van der Waals surface area contributed by atoms with Gasteiger partial charge >= 0.3 is 0 Å². The van der Waals surface area contributed by atoms with Crippen molar-refractivity contribution in [1.82, 2.24) is 14.5 Å². The lowest BCUT2D eigenvalue weighted by atomic mass is 10.1. The molecule has 7 heteroatoms. The third-order valence-corrected chi connectivity index (χ3v) is 7.39. The second-order valence-corrected chi connectivity index (χ2v) is 10.1. The zero-order chi connectivity index (χ0) is 22.4. The quantitative estimate of drug-likeness (QED) is 0.712. The van der Waals surface area contributed by atoms with Crippen molar-refractivity contribution < 1.29 is 13.2 Å². The van der Waals surface area contributed by atoms with Crippen molar-refractivity contribution in [3.8, 4) is 0 Å². The van der Waals surface area contributed by atoms with Gasteiger partial charge in [0.2, 0.25) is 10.0 Å². The summed E-state index contributed by atoms with van der Waals surface area (Å²) in [5, 5.41) is 0. The van der Waals surface area contributed by atoms with Crippen LogP contribution in [0.25, 0.3) is 0 Å². The molecule has 2 aromatic carbocycles. The molecular weight excluding hydrogens is 410 g/mol. The van der Waals surface area contributed by atoms with Crippen molar-refractivity contribution in [2.75, 3.05) is 26.2 Å². The SMILES string of the molecule is CCC(C)NS(=O)(=O)c1ccc(C(=O)N2CCCN(Cc3ccc(C)cc3)CC2)cc1. The van der Waals surface area contributed by atoms with Crippen LogP contribution in [0.15, 0.2) is 53.4 Å². The molecule has 1 saturated heterocycles. The van der Waals surface area contributed by atoms with E-state index in [0.29, 0.717) is 25.1 Å². The van der Waals surface area contributed by atoms with E-state index in [1.807, 2.05) is 18.7 Å². The van der Waals surface area contributed by atoms with Crippen LogP contribution in [0.3, 0.4) is 0 Å². The standard InChI is InChI=1S/C24H33N3O3S/c1-4-20(3)25-31(29,30)23-12-10-22(11-13-23)24(28)27-15-5-14-26(16-17-27)18-21-8-6-19(2)7-9-21/h6-13,20,25H,4-5,14-18H2,1-3H3. The van der Waals surface area contributed by atoms with Gasteiger partial charge in [0.05, 0.1) is 4.90 Å². The van der Waals surface area contributed by atoms with Crippen molar-refractivity contribution >= 4 is 15.9 Å². The number of hydrogen-bond acceptors (Lipinski definition) is 4. The number of nitrogens with one attached hydrogen (secondary N) is 1. The van der Waals surface area contributed by atoms with Crippen LogP contribution in [0, 0.1) is 6.92 Å². The van der Waals surface area contributed by atoms with Crippen molar-refractivity contribution in [3.05, 3.63) is 65.2 Å². The van der Waals surface area contributed by atoms with Crippen LogP contribution in [0.5, 0.6) is 0 Å². The fourth-order valence-corrected chi connectivity index (χ4v) is 4.99. The van der Waals surface area contributed by atoms with E-state index in [0.717, 1.165) is 26.1 Å². The summed E-state index contributed by atoms with van der Waals surface area (Å²) >= 11 is 0. The zero-order valence-corrected chi connectivity index (χ0v) is 19.5. The van der Waals surface area contributed by atoms with Crippen molar-refractivity contribution in [1.29, 1.82) is 0 Å². The highest BCUT2D eigenvalue weighted by atomic mass is 32.2. The molecule has 1 aliphatic rings. The number of hydrogen-bond donors (Lipinski definition) is 1. The highest BCUT2D eigenvalue weighted by molar-refractivity contribution is 7.89. The van der Waals surface area contributed by atoms with E-state index in [9.17, 15) is 13.2 Å². The number of carbonyl (C=O) groups excluding carboxylic acids is 1. The molecule has 0 aliphatic carbocycles. The average molecular weight is 444 g/mol. The molecule has 1 heterocycles. The number of rotatable bonds is 7. The molecule has 0 aromatic heterocycles. The Balaban J connectivity index is 1.60. The summed E-state index contributed by atoms with van der Waals surface area (Å²) in [7, 11) is -3.57. The van der Waals surface area contributed by atoms with Crippen LogP contribution in [0.4, 0.5) is 0 Å². The largest absolute Gasteiger partial charge is 0.337 e. The molecule has 31 heavy (non-hydrogen) atoms. The first-order chi connectivity index (χ1) is 14.8. The van der Waals surface area contributed by atoms with Gasteiger partial charge in [-0.15, -0.1) is 0 Å². The maximum Gasteiger partial charge on any atom is 0.253 e. The Morgan fingerprint density at radius 1 is 1.00 bits per heavy atom. The summed E-state index contributed by atoms with van der Waals surface area (Å²) in [6.45, 7) is 9.89. The molecule has 0 bridgehead atoms. The Labute approximate surface area is 186 Å². The Bertz CT molecular complexity index is 972. The number of nitrogens with zero attached hydrogens (tertiary/aromatic N) is 2. The molecule has 0 saturated carbocycles. The van der Waals surface area contributed by atoms with Gasteiger partial charge in [-0.05, 0) is 56.5 Å². The van der Waals surface area contributed by atoms with Gasteiger partial charge in [0.15, 0.2) is 0 Å². The fourth-order valence-electron chi connectivity index (χ4n) is 3.66. The molecule has 1 amide bonds. The Hall–Kier alpha value is -2.22. The molecule has 0 spiro atoms. The van der Waals surface area contributed by atoms with Gasteiger partial charge in [0, 0.05) is 44.3 Å². The van der Waals surface area contributed by atoms with E-state index in [1.54, 1.807) is 12.1 Å². The maximum absolute atomic E-state index is 13.0. The van der Waals surface area contributed by atoms with Crippen LogP contribution in [-0.4, -0.2) is 56.3 Å². The van der Waals surface area contributed by atoms with Gasteiger partial charge in [-0.1, -0.05) is 36.8 Å². The van der Waals surface area contributed by atoms with Crippen molar-refractivity contribution in [3.63, 3.8) is 0 Å². The Morgan fingerprint density at radius 2 is 1.68 bits per heavy atom. The van der Waals surface area contributed by atoms with E-state index < -0.39 is 10.0 Å². The van der Waals surface area contributed by atoms with Crippen LogP contribution in [0.1, 0.15) is 48.2 Å². The smallest absolute Gasteiger partial charge is 0.253 e. The van der Waals surface area contributed by atoms with Crippen LogP contribution < -0.4 is 4.72 Å². The highest BCUT2D eigenvalue weighted by Crippen LogP contribution is 2.16. The normalized spacial score (nSPS) is 16.7. The molecule has 1 N–H and O–H groups in total. The molecule has 6 nitrogen and oxygen atoms in total. The van der Waals surface area contributed by atoms with Crippen molar-refractivity contribution in [2.45, 2.75) is 51.1 Å². The minimum atomic E-state index is -3.57. The molecule has 2 aromatic rings. The van der Waals surface area contributed by atoms with Gasteiger partial charge in [-0.2, -0.15) is 0 Å². The predicted octanol–water partition coefficient (Wildman–Crippen LogP) is 3.42. The molecule has 1 aliphatic heterocycles. The monoisotopic (exact) mass is 443 g/mol. The van der Waals surface area contributed by atoms with Crippen LogP contribution >= 0.6 is 0 Å². The lowest BCUT2D eigenvalue weighted by molar-refractivity contribution is 0.0761. The Morgan fingerprint density at radius 3 is 2.32 bits per heavy atom. The van der Waals surface area contributed by atoms with E-state index in [1.165, 1.54) is 23.3 Å². The molecule has 1 unspecified atom stereocenters. The zero-order valence-electron chi connectivity index (χ0n) is 18.7. The molecule has 3 rings (SSSR count). The topological polar surface area (TPSA) is 69.7 Å². The van der Waals surface area contributed by atoms with Gasteiger partial charge in [0.25, 0.3) is 5.91 Å². The molecular formula is C24H33N3O3S. The van der Waals surface area contributed by atoms with Crippen LogP contribution in [0.2, 0.25) is 0 Å². The molecule has 1 atom stereocenters. The highest BCUT2D eigenvalue weighted by Gasteiger charge is 2.22. The first-order valence-corrected chi connectivity index (χ1v) is 12.5. The number of carbonyl (C=O) groups is 1. The summed E-state index contributed by atoms with van der Waals surface area (Å²) in [4.78, 5) is 17.4. The second-order valence-electron chi connectivity index (χ2n) is 8.36. The van der Waals surface area contributed by atoms with E-state index >= 15 is 0 Å². The second kappa shape index (κ2) is 10.4. The third kappa shape index (κ3) is 6.38. The molecule has 168 valence electrons. The van der Waals surface area contributed by atoms with Gasteiger partial charge < -0.3 is 4.90 Å². The summed E-state index contributed by atoms with van der Waals surface area (Å²) in [5.74, 6) is -0.0454. The lowest BCUT2D eigenvalue weighted by Gasteiger charge is -2.22. The van der Waals surface area contributed by atoms with Gasteiger partial charge in [0.1, 0.15) is 0 Å². The lowest BCUT2D eigenvalue weighted by Crippen LogP contribution is -2.35. The average Bonchev–Trinajstić information content (AvgIpc) is 3.00. The molecule has 1 fully saturated rings. The minimum absolute atomic E-state index is 0.0454. The summed E-state index contributed by atoms with van der Waals surface area (Å²) in [5.41, 5.74) is 3.06. The van der Waals surface area contributed by atoms with E-state index in [-0.39, 0.29) is 16.8 Å². The molecule has 0 radical (unpaired) electrons. The van der Waals surface area contributed by atoms with Gasteiger partial charge in [-0.3, -0.25) is 9.69 Å². The summed E-state index contributed by atoms with van der Waals surface area (Å²) in [6.07, 6.45) is 1.63. The minimum Gasteiger partial charge on any atom is -0.337 e. The fraction of sp³-hybridized carbons (Fsp3) is 0.458. The van der Waals surface area contributed by atoms with Crippen molar-refractivity contribution in [2.24, 2.45) is 0 Å². The number of aryl methyl sites for hydroxylation is 1. The summed E-state index contributed by atoms with van der Waals surface area (Å²) < 4.78 is 27.5. The Kier molecular flexibility index (Phi) is 7.86. The first kappa shape index (κ1) is 23.4. The summed E-state index contributed by atoms with van der Waals surface area (Å²) in [6, 6.07) is 14.7. The first-order valence-electron chi connectivity index (χ1n) is 11.0. The van der Waals surface area contributed by atoms with Crippen LogP contribution in [-0.2, 0) is 16.6 Å². The maximum atomic E-state index is 13.0.